The number of ether oxygens (including phenoxy) is 1. The summed E-state index contributed by atoms with van der Waals surface area (Å²) in [7, 11) is 0. The second-order valence-electron chi connectivity index (χ2n) is 3.94. The van der Waals surface area contributed by atoms with Crippen molar-refractivity contribution in [3.8, 4) is 6.01 Å². The molecule has 4 heteroatoms. The summed E-state index contributed by atoms with van der Waals surface area (Å²) in [5, 5.41) is 4.29. The van der Waals surface area contributed by atoms with Crippen LogP contribution in [0.2, 0.25) is 0 Å². The van der Waals surface area contributed by atoms with Crippen LogP contribution >= 0.6 is 0 Å². The third-order valence-corrected chi connectivity index (χ3v) is 2.75. The third kappa shape index (κ3) is 1.84. The van der Waals surface area contributed by atoms with Crippen LogP contribution in [-0.2, 0) is 0 Å². The zero-order chi connectivity index (χ0) is 10.8. The number of hydrogen-bond donors (Lipinski definition) is 1. The molecule has 0 spiro atoms. The molecule has 0 radical (unpaired) electrons. The molecule has 2 aromatic rings. The van der Waals surface area contributed by atoms with Crippen LogP contribution in [0.4, 0.5) is 0 Å². The van der Waals surface area contributed by atoms with Gasteiger partial charge in [0.15, 0.2) is 0 Å². The average molecular weight is 215 g/mol. The predicted octanol–water partition coefficient (Wildman–Crippen LogP) is 1.37. The molecular weight excluding hydrogens is 202 g/mol. The summed E-state index contributed by atoms with van der Waals surface area (Å²) in [6.07, 6.45) is 3.04. The molecule has 82 valence electrons. The molecule has 2 heterocycles. The van der Waals surface area contributed by atoms with Crippen LogP contribution in [0.15, 0.2) is 30.5 Å². The zero-order valence-corrected chi connectivity index (χ0v) is 8.89. The average Bonchev–Trinajstić information content (AvgIpc) is 2.82. The molecule has 4 nitrogen and oxygen atoms in total. The molecule has 1 unspecified atom stereocenters. The number of fused-ring (bicyclic) bond motifs is 1. The molecule has 1 aliphatic rings. The van der Waals surface area contributed by atoms with Gasteiger partial charge in [-0.25, -0.2) is 4.98 Å². The van der Waals surface area contributed by atoms with Crippen LogP contribution < -0.4 is 10.1 Å². The summed E-state index contributed by atoms with van der Waals surface area (Å²) in [6, 6.07) is 8.39. The maximum atomic E-state index is 5.70. The second-order valence-corrected chi connectivity index (χ2v) is 3.94. The van der Waals surface area contributed by atoms with Gasteiger partial charge in [-0.3, -0.25) is 0 Å². The third-order valence-electron chi connectivity index (χ3n) is 2.75. The van der Waals surface area contributed by atoms with Gasteiger partial charge >= 0.3 is 6.01 Å². The first kappa shape index (κ1) is 9.54. The number of nitrogens with one attached hydrogen (secondary N) is 1. The van der Waals surface area contributed by atoms with Crippen molar-refractivity contribution in [1.29, 1.82) is 0 Å². The highest BCUT2D eigenvalue weighted by atomic mass is 16.5. The van der Waals surface area contributed by atoms with Crippen LogP contribution in [0.3, 0.4) is 0 Å². The lowest BCUT2D eigenvalue weighted by Gasteiger charge is -2.10. The maximum absolute atomic E-state index is 5.70. The van der Waals surface area contributed by atoms with E-state index in [1.165, 1.54) is 0 Å². The minimum atomic E-state index is 0.209. The van der Waals surface area contributed by atoms with Gasteiger partial charge in [0.2, 0.25) is 0 Å². The Bertz CT molecular complexity index is 494. The molecule has 1 N–H and O–H groups in total. The zero-order valence-electron chi connectivity index (χ0n) is 8.89. The molecule has 1 fully saturated rings. The summed E-state index contributed by atoms with van der Waals surface area (Å²) in [4.78, 5) is 8.59. The molecule has 1 atom stereocenters. The summed E-state index contributed by atoms with van der Waals surface area (Å²) in [5.74, 6) is 0. The van der Waals surface area contributed by atoms with Crippen LogP contribution in [0.5, 0.6) is 6.01 Å². The fourth-order valence-electron chi connectivity index (χ4n) is 1.89. The van der Waals surface area contributed by atoms with Crippen LogP contribution in [0, 0.1) is 0 Å². The highest BCUT2D eigenvalue weighted by Crippen LogP contribution is 2.15. The molecular formula is C12H13N3O. The minimum Gasteiger partial charge on any atom is -0.459 e. The highest BCUT2D eigenvalue weighted by molar-refractivity contribution is 5.77. The Hall–Kier alpha value is -1.68. The first-order chi connectivity index (χ1) is 7.92. The van der Waals surface area contributed by atoms with Gasteiger partial charge in [-0.1, -0.05) is 18.2 Å². The van der Waals surface area contributed by atoms with Crippen molar-refractivity contribution in [2.45, 2.75) is 12.5 Å². The Kier molecular flexibility index (Phi) is 2.42. The lowest BCUT2D eigenvalue weighted by atomic mass is 10.2. The van der Waals surface area contributed by atoms with E-state index in [1.807, 2.05) is 24.3 Å². The van der Waals surface area contributed by atoms with Gasteiger partial charge in [0.1, 0.15) is 6.10 Å². The van der Waals surface area contributed by atoms with E-state index in [2.05, 4.69) is 15.3 Å². The molecule has 3 rings (SSSR count). The van der Waals surface area contributed by atoms with E-state index in [0.29, 0.717) is 6.01 Å². The fourth-order valence-corrected chi connectivity index (χ4v) is 1.89. The Morgan fingerprint density at radius 1 is 1.31 bits per heavy atom. The number of rotatable bonds is 2. The summed E-state index contributed by atoms with van der Waals surface area (Å²) in [5.41, 5.74) is 0.929. The monoisotopic (exact) mass is 215 g/mol. The molecule has 1 aliphatic heterocycles. The molecule has 0 amide bonds. The predicted molar refractivity (Wildman–Crippen MR) is 61.4 cm³/mol. The fraction of sp³-hybridized carbons (Fsp3) is 0.333. The Balaban J connectivity index is 1.86. The van der Waals surface area contributed by atoms with E-state index in [0.717, 1.165) is 30.4 Å². The Labute approximate surface area is 93.7 Å². The summed E-state index contributed by atoms with van der Waals surface area (Å²) >= 11 is 0. The van der Waals surface area contributed by atoms with Gasteiger partial charge in [-0.2, -0.15) is 4.98 Å². The minimum absolute atomic E-state index is 0.209. The second kappa shape index (κ2) is 4.06. The van der Waals surface area contributed by atoms with E-state index in [9.17, 15) is 0 Å². The van der Waals surface area contributed by atoms with E-state index in [1.54, 1.807) is 6.20 Å². The van der Waals surface area contributed by atoms with Crippen molar-refractivity contribution < 1.29 is 4.74 Å². The molecule has 0 aliphatic carbocycles. The van der Waals surface area contributed by atoms with Crippen molar-refractivity contribution in [3.63, 3.8) is 0 Å². The van der Waals surface area contributed by atoms with Crippen LogP contribution in [-0.4, -0.2) is 29.2 Å². The largest absolute Gasteiger partial charge is 0.459 e. The van der Waals surface area contributed by atoms with E-state index < -0.39 is 0 Å². The lowest BCUT2D eigenvalue weighted by molar-refractivity contribution is 0.205. The maximum Gasteiger partial charge on any atom is 0.317 e. The molecule has 0 bridgehead atoms. The first-order valence-corrected chi connectivity index (χ1v) is 5.51. The van der Waals surface area contributed by atoms with Gasteiger partial charge in [0.05, 0.1) is 5.52 Å². The van der Waals surface area contributed by atoms with Crippen molar-refractivity contribution in [2.24, 2.45) is 0 Å². The van der Waals surface area contributed by atoms with E-state index in [-0.39, 0.29) is 6.10 Å². The van der Waals surface area contributed by atoms with Gasteiger partial charge in [-0.15, -0.1) is 0 Å². The number of aromatic nitrogens is 2. The molecule has 1 aromatic carbocycles. The number of nitrogens with zero attached hydrogens (tertiary/aromatic N) is 2. The SMILES string of the molecule is c1ccc2nc(OC3CCNC3)ncc2c1. The van der Waals surface area contributed by atoms with Gasteiger partial charge in [0.25, 0.3) is 0 Å². The van der Waals surface area contributed by atoms with Crippen molar-refractivity contribution in [2.75, 3.05) is 13.1 Å². The quantitative estimate of drug-likeness (QED) is 0.822. The van der Waals surface area contributed by atoms with Gasteiger partial charge < -0.3 is 10.1 Å². The van der Waals surface area contributed by atoms with Gasteiger partial charge in [-0.05, 0) is 19.0 Å². The number of benzene rings is 1. The standard InChI is InChI=1S/C12H13N3O/c1-2-4-11-9(3-1)7-14-12(15-11)16-10-5-6-13-8-10/h1-4,7,10,13H,5-6,8H2. The smallest absolute Gasteiger partial charge is 0.317 e. The van der Waals surface area contributed by atoms with Crippen molar-refractivity contribution >= 4 is 10.9 Å². The van der Waals surface area contributed by atoms with Crippen molar-refractivity contribution in [3.05, 3.63) is 30.5 Å². The van der Waals surface area contributed by atoms with E-state index in [4.69, 9.17) is 4.74 Å². The summed E-state index contributed by atoms with van der Waals surface area (Å²) in [6.45, 7) is 1.90. The van der Waals surface area contributed by atoms with E-state index >= 15 is 0 Å². The van der Waals surface area contributed by atoms with Crippen LogP contribution in [0.1, 0.15) is 6.42 Å². The van der Waals surface area contributed by atoms with Gasteiger partial charge in [0, 0.05) is 18.1 Å². The van der Waals surface area contributed by atoms with Crippen LogP contribution in [0.25, 0.3) is 10.9 Å². The molecule has 1 saturated heterocycles. The Morgan fingerprint density at radius 2 is 2.25 bits per heavy atom. The number of para-hydroxylation sites is 1. The molecule has 16 heavy (non-hydrogen) atoms. The first-order valence-electron chi connectivity index (χ1n) is 5.51. The topological polar surface area (TPSA) is 47.0 Å². The highest BCUT2D eigenvalue weighted by Gasteiger charge is 2.17. The number of hydrogen-bond acceptors (Lipinski definition) is 4. The molecule has 0 saturated carbocycles. The normalized spacial score (nSPS) is 20.1. The lowest BCUT2D eigenvalue weighted by Crippen LogP contribution is -2.20. The Morgan fingerprint density at radius 3 is 3.12 bits per heavy atom. The molecule has 1 aromatic heterocycles. The van der Waals surface area contributed by atoms with Crippen molar-refractivity contribution in [1.82, 2.24) is 15.3 Å². The summed E-state index contributed by atoms with van der Waals surface area (Å²) < 4.78 is 5.70.